The van der Waals surface area contributed by atoms with Crippen molar-refractivity contribution in [3.63, 3.8) is 0 Å². The second-order valence-electron chi connectivity index (χ2n) is 5.88. The highest BCUT2D eigenvalue weighted by Gasteiger charge is 2.17. The van der Waals surface area contributed by atoms with Gasteiger partial charge in [0.2, 0.25) is 0 Å². The lowest BCUT2D eigenvalue weighted by molar-refractivity contribution is 0.474. The Bertz CT molecular complexity index is 1280. The number of benzene rings is 3. The zero-order valence-electron chi connectivity index (χ0n) is 14.4. The molecular weight excluding hydrogens is 380 g/mol. The molecule has 0 aliphatic rings. The van der Waals surface area contributed by atoms with Crippen LogP contribution in [0.1, 0.15) is 0 Å². The van der Waals surface area contributed by atoms with Crippen LogP contribution in [-0.2, 0) is 10.1 Å². The quantitative estimate of drug-likeness (QED) is 0.370. The number of hydrogen-bond donors (Lipinski definition) is 0. The first-order valence-electron chi connectivity index (χ1n) is 8.31. The summed E-state index contributed by atoms with van der Waals surface area (Å²) in [6, 6.07) is 22.3. The minimum Gasteiger partial charge on any atom is -0.457 e. The Hall–Kier alpha value is -3.58. The van der Waals surface area contributed by atoms with E-state index in [1.54, 1.807) is 12.1 Å². The molecule has 0 N–H and O–H groups in total. The van der Waals surface area contributed by atoms with Crippen LogP contribution < -0.4 is 14.5 Å². The fraction of sp³-hybridized carbons (Fsp3) is 0. The van der Waals surface area contributed by atoms with E-state index in [0.717, 1.165) is 0 Å². The van der Waals surface area contributed by atoms with Gasteiger partial charge < -0.3 is 13.3 Å². The molecule has 0 unspecified atom stereocenters. The van der Waals surface area contributed by atoms with E-state index in [2.05, 4.69) is 0 Å². The van der Waals surface area contributed by atoms with Crippen LogP contribution >= 0.6 is 0 Å². The van der Waals surface area contributed by atoms with E-state index < -0.39 is 15.7 Å². The highest BCUT2D eigenvalue weighted by molar-refractivity contribution is 7.87. The molecule has 3 aromatic carbocycles. The Kier molecular flexibility index (Phi) is 4.58. The lowest BCUT2D eigenvalue weighted by Crippen LogP contribution is -2.09. The molecule has 4 aromatic rings. The summed E-state index contributed by atoms with van der Waals surface area (Å²) in [6.07, 6.45) is 0. The van der Waals surface area contributed by atoms with Crippen LogP contribution in [0, 0.1) is 0 Å². The molecule has 4 rings (SSSR count). The summed E-state index contributed by atoms with van der Waals surface area (Å²) >= 11 is 0. The second-order valence-corrected chi connectivity index (χ2v) is 7.42. The molecular formula is C21H14O6S. The molecule has 0 bridgehead atoms. The minimum atomic E-state index is -4.05. The van der Waals surface area contributed by atoms with Crippen molar-refractivity contribution in [2.45, 2.75) is 4.90 Å². The third-order valence-electron chi connectivity index (χ3n) is 3.89. The largest absolute Gasteiger partial charge is 0.457 e. The highest BCUT2D eigenvalue weighted by Crippen LogP contribution is 2.26. The maximum atomic E-state index is 12.5. The third kappa shape index (κ3) is 3.89. The molecule has 140 valence electrons. The molecule has 0 aliphatic heterocycles. The Morgan fingerprint density at radius 2 is 1.39 bits per heavy atom. The third-order valence-corrected chi connectivity index (χ3v) is 5.13. The predicted octanol–water partition coefficient (Wildman–Crippen LogP) is 4.35. The Balaban J connectivity index is 1.54. The fourth-order valence-electron chi connectivity index (χ4n) is 2.57. The molecule has 0 atom stereocenters. The van der Waals surface area contributed by atoms with Crippen molar-refractivity contribution in [1.29, 1.82) is 0 Å². The van der Waals surface area contributed by atoms with Crippen LogP contribution in [0.4, 0.5) is 0 Å². The van der Waals surface area contributed by atoms with Gasteiger partial charge in [-0.2, -0.15) is 8.42 Å². The summed E-state index contributed by atoms with van der Waals surface area (Å²) in [5, 5.41) is 0.482. The molecule has 28 heavy (non-hydrogen) atoms. The molecule has 1 heterocycles. The Morgan fingerprint density at radius 3 is 2.14 bits per heavy atom. The van der Waals surface area contributed by atoms with E-state index >= 15 is 0 Å². The molecule has 6 nitrogen and oxygen atoms in total. The van der Waals surface area contributed by atoms with Gasteiger partial charge in [-0.15, -0.1) is 0 Å². The van der Waals surface area contributed by atoms with Crippen molar-refractivity contribution in [2.24, 2.45) is 0 Å². The van der Waals surface area contributed by atoms with E-state index in [9.17, 15) is 13.2 Å². The Morgan fingerprint density at radius 1 is 0.714 bits per heavy atom. The molecule has 0 amide bonds. The van der Waals surface area contributed by atoms with Gasteiger partial charge in [0.05, 0.1) is 0 Å². The number of hydrogen-bond acceptors (Lipinski definition) is 6. The van der Waals surface area contributed by atoms with Gasteiger partial charge in [-0.3, -0.25) is 0 Å². The fourth-order valence-corrected chi connectivity index (χ4v) is 3.53. The first-order valence-corrected chi connectivity index (χ1v) is 9.72. The molecule has 0 fully saturated rings. The van der Waals surface area contributed by atoms with Crippen molar-refractivity contribution in [2.75, 3.05) is 0 Å². The van der Waals surface area contributed by atoms with Crippen LogP contribution in [-0.4, -0.2) is 8.42 Å². The summed E-state index contributed by atoms with van der Waals surface area (Å²) in [7, 11) is -4.05. The number of rotatable bonds is 5. The van der Waals surface area contributed by atoms with Crippen molar-refractivity contribution in [1.82, 2.24) is 0 Å². The molecule has 0 radical (unpaired) electrons. The average molecular weight is 394 g/mol. The van der Waals surface area contributed by atoms with Gasteiger partial charge >= 0.3 is 15.7 Å². The van der Waals surface area contributed by atoms with Gasteiger partial charge in [0.25, 0.3) is 0 Å². The van der Waals surface area contributed by atoms with Gasteiger partial charge in [-0.25, -0.2) is 4.79 Å². The van der Waals surface area contributed by atoms with Gasteiger partial charge in [-0.1, -0.05) is 18.2 Å². The zero-order valence-corrected chi connectivity index (χ0v) is 15.3. The zero-order chi connectivity index (χ0) is 19.6. The SMILES string of the molecule is O=c1ccc2cc(S(=O)(=O)Oc3ccc(Oc4ccccc4)cc3)ccc2o1. The smallest absolute Gasteiger partial charge is 0.339 e. The Labute approximate surface area is 160 Å². The van der Waals surface area contributed by atoms with Crippen molar-refractivity contribution in [3.8, 4) is 17.2 Å². The number of ether oxygens (including phenoxy) is 1. The van der Waals surface area contributed by atoms with Crippen LogP contribution in [0.3, 0.4) is 0 Å². The molecule has 0 aliphatic carbocycles. The normalized spacial score (nSPS) is 11.3. The first-order chi connectivity index (χ1) is 13.5. The number of fused-ring (bicyclic) bond motifs is 1. The lowest BCUT2D eigenvalue weighted by Gasteiger charge is -2.09. The van der Waals surface area contributed by atoms with Crippen molar-refractivity contribution >= 4 is 21.1 Å². The minimum absolute atomic E-state index is 0.0431. The van der Waals surface area contributed by atoms with E-state index in [0.29, 0.717) is 22.5 Å². The van der Waals surface area contributed by atoms with E-state index in [1.165, 1.54) is 42.5 Å². The van der Waals surface area contributed by atoms with E-state index in [4.69, 9.17) is 13.3 Å². The van der Waals surface area contributed by atoms with Crippen LogP contribution in [0.5, 0.6) is 17.2 Å². The molecule has 0 saturated heterocycles. The highest BCUT2D eigenvalue weighted by atomic mass is 32.2. The first kappa shape index (κ1) is 17.8. The maximum Gasteiger partial charge on any atom is 0.339 e. The topological polar surface area (TPSA) is 82.8 Å². The van der Waals surface area contributed by atoms with E-state index in [1.807, 2.05) is 30.3 Å². The van der Waals surface area contributed by atoms with E-state index in [-0.39, 0.29) is 10.6 Å². The number of para-hydroxylation sites is 1. The maximum absolute atomic E-state index is 12.5. The standard InChI is InChI=1S/C21H14O6S/c22-21-13-6-15-14-19(11-12-20(15)26-21)28(23,24)27-18-9-7-17(8-10-18)25-16-4-2-1-3-5-16/h1-14H. The van der Waals surface area contributed by atoms with Crippen LogP contribution in [0.25, 0.3) is 11.0 Å². The van der Waals surface area contributed by atoms with Gasteiger partial charge in [0.1, 0.15) is 27.7 Å². The summed E-state index contributed by atoms with van der Waals surface area (Å²) < 4.78 is 40.9. The van der Waals surface area contributed by atoms with Crippen molar-refractivity contribution < 1.29 is 21.8 Å². The summed E-state index contributed by atoms with van der Waals surface area (Å²) in [6.45, 7) is 0. The molecule has 0 saturated carbocycles. The summed E-state index contributed by atoms with van der Waals surface area (Å²) in [4.78, 5) is 11.2. The van der Waals surface area contributed by atoms with Gasteiger partial charge in [0.15, 0.2) is 0 Å². The monoisotopic (exact) mass is 394 g/mol. The molecule has 1 aromatic heterocycles. The molecule has 0 spiro atoms. The van der Waals surface area contributed by atoms with Crippen LogP contribution in [0.15, 0.2) is 99.0 Å². The summed E-state index contributed by atoms with van der Waals surface area (Å²) in [5.41, 5.74) is -0.203. The second kappa shape index (κ2) is 7.21. The van der Waals surface area contributed by atoms with Crippen LogP contribution in [0.2, 0.25) is 0 Å². The van der Waals surface area contributed by atoms with Crippen molar-refractivity contribution in [3.05, 3.63) is 95.3 Å². The van der Waals surface area contributed by atoms with Gasteiger partial charge in [0, 0.05) is 11.5 Å². The predicted molar refractivity (Wildman–Crippen MR) is 103 cm³/mol. The average Bonchev–Trinajstić information content (AvgIpc) is 2.69. The summed E-state index contributed by atoms with van der Waals surface area (Å²) in [5.74, 6) is 1.38. The van der Waals surface area contributed by atoms with Gasteiger partial charge in [-0.05, 0) is 60.7 Å². The lowest BCUT2D eigenvalue weighted by atomic mass is 10.2. The molecule has 7 heteroatoms.